The topological polar surface area (TPSA) is 41.5 Å². The molecule has 0 saturated carbocycles. The minimum atomic E-state index is -0.233. The van der Waals surface area contributed by atoms with E-state index in [2.05, 4.69) is 27.8 Å². The monoisotopic (exact) mass is 372 g/mol. The first-order valence-corrected chi connectivity index (χ1v) is 9.47. The van der Waals surface area contributed by atoms with E-state index < -0.39 is 0 Å². The van der Waals surface area contributed by atoms with Crippen molar-refractivity contribution in [2.75, 3.05) is 38.2 Å². The van der Waals surface area contributed by atoms with Crippen molar-refractivity contribution in [3.63, 3.8) is 0 Å². The number of rotatable bonds is 4. The number of aromatic nitrogens is 2. The summed E-state index contributed by atoms with van der Waals surface area (Å²) < 4.78 is 20.4. The van der Waals surface area contributed by atoms with Crippen LogP contribution in [0.25, 0.3) is 10.2 Å². The molecule has 5 nitrogen and oxygen atoms in total. The third-order valence-corrected chi connectivity index (χ3v) is 6.06. The molecule has 0 unspecified atom stereocenters. The first-order chi connectivity index (χ1) is 12.7. The van der Waals surface area contributed by atoms with Gasteiger partial charge in [0.15, 0.2) is 5.13 Å². The SMILES string of the molecule is COc1ccc(C)c2sc(N3CCN(Cc4ccncc4F)CC3)nc12. The summed E-state index contributed by atoms with van der Waals surface area (Å²) in [7, 11) is 1.68. The lowest BCUT2D eigenvalue weighted by Gasteiger charge is -2.34. The van der Waals surface area contributed by atoms with Gasteiger partial charge in [-0.15, -0.1) is 0 Å². The maximum absolute atomic E-state index is 13.8. The third-order valence-electron chi connectivity index (χ3n) is 4.81. The van der Waals surface area contributed by atoms with E-state index in [1.54, 1.807) is 30.7 Å². The van der Waals surface area contributed by atoms with Crippen LogP contribution in [0.2, 0.25) is 0 Å². The number of nitrogens with zero attached hydrogens (tertiary/aromatic N) is 4. The zero-order chi connectivity index (χ0) is 18.1. The van der Waals surface area contributed by atoms with E-state index in [-0.39, 0.29) is 5.82 Å². The molecule has 1 aliphatic rings. The molecule has 2 aromatic heterocycles. The van der Waals surface area contributed by atoms with Gasteiger partial charge in [0.05, 0.1) is 18.0 Å². The number of thiazole rings is 1. The molecule has 1 saturated heterocycles. The number of aryl methyl sites for hydroxylation is 1. The molecule has 1 aliphatic heterocycles. The largest absolute Gasteiger partial charge is 0.494 e. The highest BCUT2D eigenvalue weighted by Crippen LogP contribution is 2.36. The molecule has 0 spiro atoms. The minimum Gasteiger partial charge on any atom is -0.494 e. The Morgan fingerprint density at radius 1 is 1.19 bits per heavy atom. The van der Waals surface area contributed by atoms with Gasteiger partial charge < -0.3 is 9.64 Å². The predicted octanol–water partition coefficient (Wildman–Crippen LogP) is 3.47. The minimum absolute atomic E-state index is 0.233. The second-order valence-corrected chi connectivity index (χ2v) is 7.47. The molecule has 3 heterocycles. The van der Waals surface area contributed by atoms with Crippen LogP contribution in [0.15, 0.2) is 30.6 Å². The van der Waals surface area contributed by atoms with Crippen molar-refractivity contribution >= 4 is 26.7 Å². The van der Waals surface area contributed by atoms with Crippen LogP contribution >= 0.6 is 11.3 Å². The van der Waals surface area contributed by atoms with Crippen molar-refractivity contribution in [2.24, 2.45) is 0 Å². The fourth-order valence-electron chi connectivity index (χ4n) is 3.27. The number of hydrogen-bond acceptors (Lipinski definition) is 6. The van der Waals surface area contributed by atoms with Gasteiger partial charge in [0.25, 0.3) is 0 Å². The molecule has 4 rings (SSSR count). The summed E-state index contributed by atoms with van der Waals surface area (Å²) in [5.41, 5.74) is 2.86. The Morgan fingerprint density at radius 3 is 2.73 bits per heavy atom. The number of hydrogen-bond donors (Lipinski definition) is 0. The number of ether oxygens (including phenoxy) is 1. The van der Waals surface area contributed by atoms with Gasteiger partial charge in [0.1, 0.15) is 17.1 Å². The first kappa shape index (κ1) is 17.2. The van der Waals surface area contributed by atoms with Crippen molar-refractivity contribution < 1.29 is 9.13 Å². The van der Waals surface area contributed by atoms with Crippen LogP contribution in [0.1, 0.15) is 11.1 Å². The smallest absolute Gasteiger partial charge is 0.186 e. The summed E-state index contributed by atoms with van der Waals surface area (Å²) in [4.78, 5) is 13.2. The average Bonchev–Trinajstić information content (AvgIpc) is 3.11. The number of piperazine rings is 1. The van der Waals surface area contributed by atoms with Gasteiger partial charge >= 0.3 is 0 Å². The van der Waals surface area contributed by atoms with E-state index in [1.807, 2.05) is 6.07 Å². The van der Waals surface area contributed by atoms with Crippen molar-refractivity contribution in [3.8, 4) is 5.75 Å². The third kappa shape index (κ3) is 3.24. The summed E-state index contributed by atoms with van der Waals surface area (Å²) in [5, 5.41) is 1.03. The molecular formula is C19H21FN4OS. The number of halogens is 1. The highest BCUT2D eigenvalue weighted by Gasteiger charge is 2.22. The number of pyridine rings is 1. The zero-order valence-electron chi connectivity index (χ0n) is 14.9. The lowest BCUT2D eigenvalue weighted by Crippen LogP contribution is -2.46. The van der Waals surface area contributed by atoms with Crippen LogP contribution in [-0.4, -0.2) is 48.2 Å². The van der Waals surface area contributed by atoms with Crippen LogP contribution in [-0.2, 0) is 6.54 Å². The molecule has 7 heteroatoms. The van der Waals surface area contributed by atoms with Gasteiger partial charge in [-0.1, -0.05) is 17.4 Å². The highest BCUT2D eigenvalue weighted by molar-refractivity contribution is 7.22. The summed E-state index contributed by atoms with van der Waals surface area (Å²) in [5.74, 6) is 0.587. The molecule has 0 atom stereocenters. The number of benzene rings is 1. The van der Waals surface area contributed by atoms with Crippen LogP contribution in [0.5, 0.6) is 5.75 Å². The predicted molar refractivity (Wildman–Crippen MR) is 103 cm³/mol. The average molecular weight is 372 g/mol. The first-order valence-electron chi connectivity index (χ1n) is 8.65. The molecule has 136 valence electrons. The molecule has 0 bridgehead atoms. The van der Waals surface area contributed by atoms with E-state index in [4.69, 9.17) is 9.72 Å². The Hall–Kier alpha value is -2.25. The standard InChI is InChI=1S/C19H21FN4OS/c1-13-3-4-16(25-2)17-18(13)26-19(22-17)24-9-7-23(8-10-24)12-14-5-6-21-11-15(14)20/h3-6,11H,7-10,12H2,1-2H3. The maximum atomic E-state index is 13.8. The number of anilines is 1. The Balaban J connectivity index is 1.47. The van der Waals surface area contributed by atoms with Gasteiger partial charge in [-0.3, -0.25) is 9.88 Å². The molecule has 1 aromatic carbocycles. The van der Waals surface area contributed by atoms with Crippen molar-refractivity contribution in [1.82, 2.24) is 14.9 Å². The van der Waals surface area contributed by atoms with Crippen LogP contribution in [0.4, 0.5) is 9.52 Å². The normalized spacial score (nSPS) is 15.6. The Bertz CT molecular complexity index is 921. The molecular weight excluding hydrogens is 351 g/mol. The summed E-state index contributed by atoms with van der Waals surface area (Å²) in [6, 6.07) is 5.80. The van der Waals surface area contributed by atoms with Crippen molar-refractivity contribution in [3.05, 3.63) is 47.5 Å². The van der Waals surface area contributed by atoms with E-state index in [9.17, 15) is 4.39 Å². The zero-order valence-corrected chi connectivity index (χ0v) is 15.7. The molecule has 3 aromatic rings. The molecule has 0 amide bonds. The van der Waals surface area contributed by atoms with Gasteiger partial charge in [-0.25, -0.2) is 9.37 Å². The molecule has 1 fully saturated rings. The second kappa shape index (κ2) is 7.17. The quantitative estimate of drug-likeness (QED) is 0.701. The van der Waals surface area contributed by atoms with Gasteiger partial charge in [0.2, 0.25) is 0 Å². The molecule has 26 heavy (non-hydrogen) atoms. The molecule has 0 N–H and O–H groups in total. The lowest BCUT2D eigenvalue weighted by molar-refractivity contribution is 0.246. The number of fused-ring (bicyclic) bond motifs is 1. The van der Waals surface area contributed by atoms with E-state index in [0.29, 0.717) is 12.1 Å². The summed E-state index contributed by atoms with van der Waals surface area (Å²) in [6.07, 6.45) is 2.92. The highest BCUT2D eigenvalue weighted by atomic mass is 32.1. The Morgan fingerprint density at radius 2 is 2.00 bits per heavy atom. The maximum Gasteiger partial charge on any atom is 0.186 e. The van der Waals surface area contributed by atoms with E-state index in [1.165, 1.54) is 16.5 Å². The second-order valence-electron chi connectivity index (χ2n) is 6.49. The van der Waals surface area contributed by atoms with Crippen LogP contribution in [0.3, 0.4) is 0 Å². The van der Waals surface area contributed by atoms with Crippen molar-refractivity contribution in [2.45, 2.75) is 13.5 Å². The van der Waals surface area contributed by atoms with E-state index >= 15 is 0 Å². The number of methoxy groups -OCH3 is 1. The van der Waals surface area contributed by atoms with E-state index in [0.717, 1.165) is 42.6 Å². The Kier molecular flexibility index (Phi) is 4.74. The lowest BCUT2D eigenvalue weighted by atomic mass is 10.2. The molecule has 0 aliphatic carbocycles. The fraction of sp³-hybridized carbons (Fsp3) is 0.368. The Labute approximate surface area is 156 Å². The van der Waals surface area contributed by atoms with Gasteiger partial charge in [-0.2, -0.15) is 0 Å². The van der Waals surface area contributed by atoms with Gasteiger partial charge in [-0.05, 0) is 24.6 Å². The molecule has 0 radical (unpaired) electrons. The van der Waals surface area contributed by atoms with Gasteiger partial charge in [0, 0.05) is 44.5 Å². The van der Waals surface area contributed by atoms with Crippen LogP contribution < -0.4 is 9.64 Å². The summed E-state index contributed by atoms with van der Waals surface area (Å²) >= 11 is 1.72. The van der Waals surface area contributed by atoms with Crippen molar-refractivity contribution in [1.29, 1.82) is 0 Å². The summed E-state index contributed by atoms with van der Waals surface area (Å²) in [6.45, 7) is 6.25. The van der Waals surface area contributed by atoms with Crippen LogP contribution in [0, 0.1) is 12.7 Å². The fourth-order valence-corrected chi connectivity index (χ4v) is 4.37.